The Morgan fingerprint density at radius 1 is 1.07 bits per heavy atom. The van der Waals surface area contributed by atoms with Crippen LogP contribution < -0.4 is 9.80 Å². The number of aromatic hydroxyl groups is 1. The lowest BCUT2D eigenvalue weighted by atomic mass is 10.0. The molecule has 2 aromatic carbocycles. The quantitative estimate of drug-likeness (QED) is 0.763. The van der Waals surface area contributed by atoms with Crippen molar-refractivity contribution in [3.63, 3.8) is 0 Å². The molecule has 1 aliphatic rings. The second kappa shape index (κ2) is 7.11. The van der Waals surface area contributed by atoms with Gasteiger partial charge in [-0.25, -0.2) is 4.98 Å². The number of aromatic nitrogens is 1. The summed E-state index contributed by atoms with van der Waals surface area (Å²) in [6, 6.07) is 18.7. The standard InChI is InChI=1S/C22H21N3O2/c1-24(18-9-11-19(26)12-10-18)22(27)17-8-13-21(23-15-17)25-14-4-6-16-5-2-3-7-20(16)25/h2-3,5,7-13,15,26H,4,6,14H2,1H3. The maximum atomic E-state index is 12.7. The smallest absolute Gasteiger partial charge is 0.259 e. The summed E-state index contributed by atoms with van der Waals surface area (Å²) in [5.41, 5.74) is 3.76. The molecule has 5 heteroatoms. The lowest BCUT2D eigenvalue weighted by molar-refractivity contribution is 0.0992. The minimum Gasteiger partial charge on any atom is -0.508 e. The molecule has 0 radical (unpaired) electrons. The number of fused-ring (bicyclic) bond motifs is 1. The SMILES string of the molecule is CN(C(=O)c1ccc(N2CCCc3ccccc32)nc1)c1ccc(O)cc1. The van der Waals surface area contributed by atoms with Gasteiger partial charge in [-0.2, -0.15) is 0 Å². The van der Waals surface area contributed by atoms with E-state index in [0.717, 1.165) is 25.2 Å². The van der Waals surface area contributed by atoms with E-state index >= 15 is 0 Å². The highest BCUT2D eigenvalue weighted by molar-refractivity contribution is 6.05. The average molecular weight is 359 g/mol. The Morgan fingerprint density at radius 3 is 2.59 bits per heavy atom. The van der Waals surface area contributed by atoms with Gasteiger partial charge in [0.15, 0.2) is 0 Å². The summed E-state index contributed by atoms with van der Waals surface area (Å²) in [4.78, 5) is 21.0. The molecule has 4 rings (SSSR count). The largest absolute Gasteiger partial charge is 0.508 e. The Labute approximate surface area is 158 Å². The first-order chi connectivity index (χ1) is 13.1. The summed E-state index contributed by atoms with van der Waals surface area (Å²) in [7, 11) is 1.71. The summed E-state index contributed by atoms with van der Waals surface area (Å²) < 4.78 is 0. The van der Waals surface area contributed by atoms with Gasteiger partial charge in [0.05, 0.1) is 5.56 Å². The van der Waals surface area contributed by atoms with E-state index in [1.807, 2.05) is 18.2 Å². The molecule has 0 spiro atoms. The Balaban J connectivity index is 1.56. The summed E-state index contributed by atoms with van der Waals surface area (Å²) in [6.45, 7) is 0.921. The number of carbonyl (C=O) groups excluding carboxylic acids is 1. The summed E-state index contributed by atoms with van der Waals surface area (Å²) >= 11 is 0. The number of pyridine rings is 1. The number of nitrogens with zero attached hydrogens (tertiary/aromatic N) is 3. The van der Waals surface area contributed by atoms with Crippen LogP contribution in [0.1, 0.15) is 22.3 Å². The molecule has 0 fully saturated rings. The predicted octanol–water partition coefficient (Wildman–Crippen LogP) is 4.15. The van der Waals surface area contributed by atoms with Crippen LogP contribution in [0.25, 0.3) is 0 Å². The number of phenolic OH excluding ortho intramolecular Hbond substituents is 1. The third-order valence-electron chi connectivity index (χ3n) is 4.92. The number of para-hydroxylation sites is 1. The van der Waals surface area contributed by atoms with Crippen molar-refractivity contribution in [2.24, 2.45) is 0 Å². The van der Waals surface area contributed by atoms with Crippen LogP contribution in [-0.2, 0) is 6.42 Å². The number of anilines is 3. The van der Waals surface area contributed by atoms with E-state index in [1.54, 1.807) is 42.4 Å². The molecule has 5 nitrogen and oxygen atoms in total. The minimum absolute atomic E-state index is 0.140. The highest BCUT2D eigenvalue weighted by Crippen LogP contribution is 2.32. The number of amides is 1. The van der Waals surface area contributed by atoms with Gasteiger partial charge in [0.2, 0.25) is 0 Å². The second-order valence-corrected chi connectivity index (χ2v) is 6.67. The lowest BCUT2D eigenvalue weighted by Crippen LogP contribution is -2.27. The highest BCUT2D eigenvalue weighted by atomic mass is 16.3. The molecule has 27 heavy (non-hydrogen) atoms. The molecule has 2 heterocycles. The van der Waals surface area contributed by atoms with E-state index in [9.17, 15) is 9.90 Å². The fourth-order valence-corrected chi connectivity index (χ4v) is 3.43. The van der Waals surface area contributed by atoms with E-state index in [4.69, 9.17) is 0 Å². The van der Waals surface area contributed by atoms with Crippen LogP contribution in [0.5, 0.6) is 5.75 Å². The molecule has 1 N–H and O–H groups in total. The molecular weight excluding hydrogens is 338 g/mol. The molecule has 1 aliphatic heterocycles. The lowest BCUT2D eigenvalue weighted by Gasteiger charge is -2.30. The molecule has 0 unspecified atom stereocenters. The highest BCUT2D eigenvalue weighted by Gasteiger charge is 2.20. The molecule has 1 amide bonds. The van der Waals surface area contributed by atoms with Gasteiger partial charge in [-0.1, -0.05) is 18.2 Å². The number of carbonyl (C=O) groups is 1. The molecule has 1 aromatic heterocycles. The predicted molar refractivity (Wildman–Crippen MR) is 107 cm³/mol. The van der Waals surface area contributed by atoms with Crippen molar-refractivity contribution in [2.75, 3.05) is 23.4 Å². The number of hydrogen-bond acceptors (Lipinski definition) is 4. The van der Waals surface area contributed by atoms with Crippen LogP contribution in [0.15, 0.2) is 66.9 Å². The molecule has 0 atom stereocenters. The summed E-state index contributed by atoms with van der Waals surface area (Å²) in [6.07, 6.45) is 3.80. The van der Waals surface area contributed by atoms with Gasteiger partial charge in [0.25, 0.3) is 5.91 Å². The molecule has 3 aromatic rings. The molecular formula is C22H21N3O2. The van der Waals surface area contributed by atoms with Gasteiger partial charge in [-0.3, -0.25) is 4.79 Å². The fraction of sp³-hybridized carbons (Fsp3) is 0.182. The van der Waals surface area contributed by atoms with Crippen molar-refractivity contribution < 1.29 is 9.90 Å². The Hall–Kier alpha value is -3.34. The van der Waals surface area contributed by atoms with Crippen molar-refractivity contribution in [1.29, 1.82) is 0 Å². The van der Waals surface area contributed by atoms with Crippen molar-refractivity contribution in [3.05, 3.63) is 78.0 Å². The van der Waals surface area contributed by atoms with Gasteiger partial charge < -0.3 is 14.9 Å². The monoisotopic (exact) mass is 359 g/mol. The minimum atomic E-state index is -0.140. The first kappa shape index (κ1) is 17.1. The number of hydrogen-bond donors (Lipinski definition) is 1. The van der Waals surface area contributed by atoms with Crippen molar-refractivity contribution in [3.8, 4) is 5.75 Å². The molecule has 0 bridgehead atoms. The van der Waals surface area contributed by atoms with Crippen LogP contribution in [-0.4, -0.2) is 29.6 Å². The van der Waals surface area contributed by atoms with E-state index in [0.29, 0.717) is 11.3 Å². The van der Waals surface area contributed by atoms with E-state index in [1.165, 1.54) is 11.3 Å². The zero-order chi connectivity index (χ0) is 18.8. The maximum absolute atomic E-state index is 12.7. The number of phenols is 1. The summed E-state index contributed by atoms with van der Waals surface area (Å²) in [5, 5.41) is 9.40. The van der Waals surface area contributed by atoms with Crippen molar-refractivity contribution >= 4 is 23.1 Å². The second-order valence-electron chi connectivity index (χ2n) is 6.67. The first-order valence-electron chi connectivity index (χ1n) is 9.02. The van der Waals surface area contributed by atoms with E-state index in [2.05, 4.69) is 28.1 Å². The number of benzene rings is 2. The molecule has 0 saturated heterocycles. The van der Waals surface area contributed by atoms with Crippen LogP contribution in [0, 0.1) is 0 Å². The summed E-state index contributed by atoms with van der Waals surface area (Å²) in [5.74, 6) is 0.886. The van der Waals surface area contributed by atoms with Crippen LogP contribution in [0.4, 0.5) is 17.2 Å². The van der Waals surface area contributed by atoms with Crippen molar-refractivity contribution in [2.45, 2.75) is 12.8 Å². The normalized spacial score (nSPS) is 13.1. The third-order valence-corrected chi connectivity index (χ3v) is 4.92. The zero-order valence-corrected chi connectivity index (χ0v) is 15.2. The fourth-order valence-electron chi connectivity index (χ4n) is 3.43. The zero-order valence-electron chi connectivity index (χ0n) is 15.2. The Kier molecular flexibility index (Phi) is 4.50. The van der Waals surface area contributed by atoms with E-state index in [-0.39, 0.29) is 11.7 Å². The van der Waals surface area contributed by atoms with Gasteiger partial charge in [0.1, 0.15) is 11.6 Å². The van der Waals surface area contributed by atoms with Gasteiger partial charge >= 0.3 is 0 Å². The van der Waals surface area contributed by atoms with E-state index < -0.39 is 0 Å². The van der Waals surface area contributed by atoms with Gasteiger partial charge in [-0.05, 0) is 60.9 Å². The first-order valence-corrected chi connectivity index (χ1v) is 9.02. The average Bonchev–Trinajstić information content (AvgIpc) is 2.73. The molecule has 136 valence electrons. The van der Waals surface area contributed by atoms with Gasteiger partial charge in [-0.15, -0.1) is 0 Å². The van der Waals surface area contributed by atoms with Crippen LogP contribution in [0.3, 0.4) is 0 Å². The maximum Gasteiger partial charge on any atom is 0.259 e. The van der Waals surface area contributed by atoms with Crippen LogP contribution >= 0.6 is 0 Å². The molecule has 0 aliphatic carbocycles. The molecule has 0 saturated carbocycles. The van der Waals surface area contributed by atoms with Crippen LogP contribution in [0.2, 0.25) is 0 Å². The number of aryl methyl sites for hydroxylation is 1. The van der Waals surface area contributed by atoms with Crippen molar-refractivity contribution in [1.82, 2.24) is 4.98 Å². The third kappa shape index (κ3) is 3.36. The Bertz CT molecular complexity index is 952. The Morgan fingerprint density at radius 2 is 1.85 bits per heavy atom. The number of rotatable bonds is 3. The topological polar surface area (TPSA) is 56.7 Å². The van der Waals surface area contributed by atoms with Gasteiger partial charge in [0, 0.05) is 31.2 Å².